The van der Waals surface area contributed by atoms with E-state index in [0.717, 1.165) is 38.4 Å². The summed E-state index contributed by atoms with van der Waals surface area (Å²) in [6.45, 7) is 6.74. The molecule has 2 heterocycles. The van der Waals surface area contributed by atoms with E-state index in [-0.39, 0.29) is 5.95 Å². The molecule has 0 spiro atoms. The third-order valence-electron chi connectivity index (χ3n) is 2.86. The van der Waals surface area contributed by atoms with Crippen LogP contribution in [0.2, 0.25) is 0 Å². The molecule has 1 saturated heterocycles. The maximum absolute atomic E-state index is 5.69. The number of nitrogen functional groups attached to an aromatic ring is 1. The summed E-state index contributed by atoms with van der Waals surface area (Å²) in [5.41, 5.74) is 5.69. The lowest BCUT2D eigenvalue weighted by molar-refractivity contribution is 0.187. The number of anilines is 2. The van der Waals surface area contributed by atoms with Gasteiger partial charge in [0.15, 0.2) is 0 Å². The summed E-state index contributed by atoms with van der Waals surface area (Å²) >= 11 is 0. The Kier molecular flexibility index (Phi) is 4.30. The maximum atomic E-state index is 5.69. The quantitative estimate of drug-likeness (QED) is 0.815. The molecule has 0 aromatic carbocycles. The molecule has 0 bridgehead atoms. The minimum Gasteiger partial charge on any atom is -0.381 e. The molecule has 18 heavy (non-hydrogen) atoms. The molecule has 6 heteroatoms. The number of hydrogen-bond donors (Lipinski definition) is 2. The maximum Gasteiger partial charge on any atom is 0.227 e. The van der Waals surface area contributed by atoms with Gasteiger partial charge in [-0.3, -0.25) is 0 Å². The monoisotopic (exact) mass is 251 g/mol. The fourth-order valence-electron chi connectivity index (χ4n) is 1.95. The zero-order valence-corrected chi connectivity index (χ0v) is 11.0. The van der Waals surface area contributed by atoms with Crippen molar-refractivity contribution < 1.29 is 4.74 Å². The third-order valence-corrected chi connectivity index (χ3v) is 2.86. The first-order valence-corrected chi connectivity index (χ1v) is 6.45. The second-order valence-corrected chi connectivity index (χ2v) is 5.14. The minimum absolute atomic E-state index is 0.283. The molecule has 0 amide bonds. The number of nitrogens with zero attached hydrogens (tertiary/aromatic N) is 3. The normalized spacial score (nSPS) is 19.4. The lowest BCUT2D eigenvalue weighted by Crippen LogP contribution is -2.17. The lowest BCUT2D eigenvalue weighted by atomic mass is 10.1. The van der Waals surface area contributed by atoms with Crippen LogP contribution < -0.4 is 11.1 Å². The van der Waals surface area contributed by atoms with Crippen molar-refractivity contribution >= 4 is 11.9 Å². The summed E-state index contributed by atoms with van der Waals surface area (Å²) in [5, 5.41) is 3.22. The predicted octanol–water partition coefficient (Wildman–Crippen LogP) is 1.10. The van der Waals surface area contributed by atoms with Gasteiger partial charge in [0.2, 0.25) is 11.9 Å². The predicted molar refractivity (Wildman–Crippen MR) is 70.2 cm³/mol. The van der Waals surface area contributed by atoms with E-state index in [2.05, 4.69) is 34.1 Å². The van der Waals surface area contributed by atoms with Crippen molar-refractivity contribution in [3.8, 4) is 0 Å². The van der Waals surface area contributed by atoms with Crippen LogP contribution in [0.15, 0.2) is 0 Å². The van der Waals surface area contributed by atoms with E-state index in [9.17, 15) is 0 Å². The Labute approximate surface area is 107 Å². The molecule has 0 saturated carbocycles. The first-order chi connectivity index (χ1) is 8.63. The number of nitrogens with one attached hydrogen (secondary N) is 1. The van der Waals surface area contributed by atoms with E-state index in [1.165, 1.54) is 0 Å². The van der Waals surface area contributed by atoms with Gasteiger partial charge in [-0.25, -0.2) is 0 Å². The summed E-state index contributed by atoms with van der Waals surface area (Å²) in [6.07, 6.45) is 1.90. The van der Waals surface area contributed by atoms with Crippen LogP contribution in [-0.2, 0) is 11.2 Å². The molecule has 1 aromatic heterocycles. The van der Waals surface area contributed by atoms with Crippen LogP contribution in [0.3, 0.4) is 0 Å². The van der Waals surface area contributed by atoms with Gasteiger partial charge in [0.25, 0.3) is 0 Å². The number of rotatable bonds is 5. The van der Waals surface area contributed by atoms with E-state index < -0.39 is 0 Å². The van der Waals surface area contributed by atoms with Crippen LogP contribution in [-0.4, -0.2) is 34.7 Å². The Bertz CT molecular complexity index is 390. The van der Waals surface area contributed by atoms with Gasteiger partial charge in [-0.05, 0) is 12.3 Å². The second-order valence-electron chi connectivity index (χ2n) is 5.14. The highest BCUT2D eigenvalue weighted by molar-refractivity contribution is 5.31. The highest BCUT2D eigenvalue weighted by Gasteiger charge is 2.16. The fourth-order valence-corrected chi connectivity index (χ4v) is 1.95. The van der Waals surface area contributed by atoms with E-state index >= 15 is 0 Å². The summed E-state index contributed by atoms with van der Waals surface area (Å²) in [4.78, 5) is 12.6. The van der Waals surface area contributed by atoms with Crippen molar-refractivity contribution in [3.63, 3.8) is 0 Å². The molecule has 1 aliphatic rings. The van der Waals surface area contributed by atoms with Gasteiger partial charge in [0.1, 0.15) is 5.82 Å². The Morgan fingerprint density at radius 3 is 2.89 bits per heavy atom. The molecule has 3 N–H and O–H groups in total. The highest BCUT2D eigenvalue weighted by Crippen LogP contribution is 2.13. The molecule has 1 aliphatic heterocycles. The molecular formula is C12H21N5O. The van der Waals surface area contributed by atoms with Gasteiger partial charge in [-0.15, -0.1) is 0 Å². The van der Waals surface area contributed by atoms with Crippen LogP contribution in [0.5, 0.6) is 0 Å². The molecule has 6 nitrogen and oxygen atoms in total. The van der Waals surface area contributed by atoms with Crippen molar-refractivity contribution in [2.45, 2.75) is 26.7 Å². The Morgan fingerprint density at radius 1 is 1.39 bits per heavy atom. The van der Waals surface area contributed by atoms with Crippen LogP contribution >= 0.6 is 0 Å². The number of nitrogens with two attached hydrogens (primary N) is 1. The fraction of sp³-hybridized carbons (Fsp3) is 0.750. The zero-order chi connectivity index (χ0) is 13.0. The first kappa shape index (κ1) is 13.0. The van der Waals surface area contributed by atoms with E-state index in [0.29, 0.717) is 17.8 Å². The summed E-state index contributed by atoms with van der Waals surface area (Å²) in [7, 11) is 0. The summed E-state index contributed by atoms with van der Waals surface area (Å²) in [6, 6.07) is 0. The molecule has 100 valence electrons. The second kappa shape index (κ2) is 5.95. The average Bonchev–Trinajstić information content (AvgIpc) is 2.77. The standard InChI is InChI=1S/C12H21N5O/c1-8(2)5-10-15-11(13)17-12(16-10)14-6-9-3-4-18-7-9/h8-9H,3-7H2,1-2H3,(H3,13,14,15,16,17). The van der Waals surface area contributed by atoms with E-state index in [1.807, 2.05) is 0 Å². The molecule has 1 fully saturated rings. The molecule has 0 radical (unpaired) electrons. The summed E-state index contributed by atoms with van der Waals surface area (Å²) < 4.78 is 5.33. The van der Waals surface area contributed by atoms with Crippen LogP contribution in [0, 0.1) is 11.8 Å². The Morgan fingerprint density at radius 2 is 2.22 bits per heavy atom. The smallest absolute Gasteiger partial charge is 0.227 e. The topological polar surface area (TPSA) is 86.0 Å². The molecular weight excluding hydrogens is 230 g/mol. The van der Waals surface area contributed by atoms with Crippen molar-refractivity contribution in [3.05, 3.63) is 5.82 Å². The average molecular weight is 251 g/mol. The summed E-state index contributed by atoms with van der Waals surface area (Å²) in [5.74, 6) is 2.65. The highest BCUT2D eigenvalue weighted by atomic mass is 16.5. The van der Waals surface area contributed by atoms with Gasteiger partial charge in [-0.2, -0.15) is 15.0 Å². The van der Waals surface area contributed by atoms with Crippen molar-refractivity contribution in [1.29, 1.82) is 0 Å². The molecule has 1 unspecified atom stereocenters. The number of aromatic nitrogens is 3. The van der Waals surface area contributed by atoms with Gasteiger partial charge in [0, 0.05) is 25.5 Å². The minimum atomic E-state index is 0.283. The Hall–Kier alpha value is -1.43. The van der Waals surface area contributed by atoms with E-state index in [1.54, 1.807) is 0 Å². The van der Waals surface area contributed by atoms with Crippen LogP contribution in [0.1, 0.15) is 26.1 Å². The first-order valence-electron chi connectivity index (χ1n) is 6.45. The van der Waals surface area contributed by atoms with Crippen molar-refractivity contribution in [2.24, 2.45) is 11.8 Å². The number of hydrogen-bond acceptors (Lipinski definition) is 6. The number of ether oxygens (including phenoxy) is 1. The molecule has 2 rings (SSSR count). The molecule has 1 aromatic rings. The molecule has 1 atom stereocenters. The van der Waals surface area contributed by atoms with Crippen LogP contribution in [0.4, 0.5) is 11.9 Å². The largest absolute Gasteiger partial charge is 0.381 e. The van der Waals surface area contributed by atoms with Crippen molar-refractivity contribution in [2.75, 3.05) is 30.8 Å². The van der Waals surface area contributed by atoms with E-state index in [4.69, 9.17) is 10.5 Å². The van der Waals surface area contributed by atoms with Gasteiger partial charge >= 0.3 is 0 Å². The third kappa shape index (κ3) is 3.80. The zero-order valence-electron chi connectivity index (χ0n) is 11.0. The van der Waals surface area contributed by atoms with Gasteiger partial charge < -0.3 is 15.8 Å². The van der Waals surface area contributed by atoms with Crippen LogP contribution in [0.25, 0.3) is 0 Å². The SMILES string of the molecule is CC(C)Cc1nc(N)nc(NCC2CCOC2)n1. The molecule has 0 aliphatic carbocycles. The van der Waals surface area contributed by atoms with Gasteiger partial charge in [-0.1, -0.05) is 13.8 Å². The van der Waals surface area contributed by atoms with Crippen molar-refractivity contribution in [1.82, 2.24) is 15.0 Å². The van der Waals surface area contributed by atoms with Gasteiger partial charge in [0.05, 0.1) is 6.61 Å². The lowest BCUT2D eigenvalue weighted by Gasteiger charge is -2.11. The Balaban J connectivity index is 1.96.